The van der Waals surface area contributed by atoms with Crippen molar-refractivity contribution in [2.75, 3.05) is 11.2 Å². The minimum atomic E-state index is -0.318. The number of hydrogen-bond donors (Lipinski definition) is 1. The Labute approximate surface area is 121 Å². The molecule has 0 aliphatic rings. The number of carbonyl (C=O) groups is 1. The van der Waals surface area contributed by atoms with Crippen LogP contribution in [-0.2, 0) is 6.42 Å². The summed E-state index contributed by atoms with van der Waals surface area (Å²) in [5.41, 5.74) is 1.86. The van der Waals surface area contributed by atoms with Crippen molar-refractivity contribution < 1.29 is 9.21 Å². The van der Waals surface area contributed by atoms with Gasteiger partial charge in [0.05, 0.1) is 0 Å². The van der Waals surface area contributed by atoms with Crippen LogP contribution in [-0.4, -0.2) is 11.8 Å². The third kappa shape index (κ3) is 4.01. The lowest BCUT2D eigenvalue weighted by molar-refractivity contribution is 0.0997. The zero-order chi connectivity index (χ0) is 13.7. The van der Waals surface area contributed by atoms with Gasteiger partial charge in [-0.15, -0.1) is 11.6 Å². The van der Waals surface area contributed by atoms with Gasteiger partial charge in [-0.25, -0.2) is 0 Å². The van der Waals surface area contributed by atoms with E-state index in [0.29, 0.717) is 5.88 Å². The van der Waals surface area contributed by atoms with Crippen LogP contribution in [0.25, 0.3) is 0 Å². The number of halogens is 2. The van der Waals surface area contributed by atoms with Gasteiger partial charge in [0.25, 0.3) is 5.91 Å². The summed E-state index contributed by atoms with van der Waals surface area (Å²) in [7, 11) is 0. The van der Waals surface area contributed by atoms with Crippen molar-refractivity contribution in [3.8, 4) is 0 Å². The van der Waals surface area contributed by atoms with Crippen LogP contribution in [0.5, 0.6) is 0 Å². The van der Waals surface area contributed by atoms with Gasteiger partial charge in [0.1, 0.15) is 0 Å². The van der Waals surface area contributed by atoms with Gasteiger partial charge in [-0.1, -0.05) is 12.1 Å². The highest BCUT2D eigenvalue weighted by atomic mass is 35.5. The van der Waals surface area contributed by atoms with Gasteiger partial charge in [-0.2, -0.15) is 0 Å². The number of alkyl halides is 1. The molecule has 2 rings (SSSR count). The number of anilines is 1. The highest BCUT2D eigenvalue weighted by Gasteiger charge is 2.10. The Morgan fingerprint density at radius 1 is 1.26 bits per heavy atom. The molecule has 0 saturated carbocycles. The molecule has 5 heteroatoms. The number of carbonyl (C=O) groups excluding carboxylic acids is 1. The fourth-order valence-electron chi connectivity index (χ4n) is 1.70. The summed E-state index contributed by atoms with van der Waals surface area (Å²) < 4.78 is 5.05. The van der Waals surface area contributed by atoms with Gasteiger partial charge in [0, 0.05) is 11.6 Å². The molecular formula is C14H13Cl2NO2. The summed E-state index contributed by atoms with van der Waals surface area (Å²) in [6.07, 6.45) is 1.80. The van der Waals surface area contributed by atoms with Gasteiger partial charge >= 0.3 is 0 Å². The number of aryl methyl sites for hydroxylation is 1. The van der Waals surface area contributed by atoms with Gasteiger partial charge in [0.15, 0.2) is 11.0 Å². The Bertz CT molecular complexity index is 566. The van der Waals surface area contributed by atoms with E-state index in [-0.39, 0.29) is 16.9 Å². The van der Waals surface area contributed by atoms with E-state index in [9.17, 15) is 4.79 Å². The maximum absolute atomic E-state index is 11.9. The second-order valence-electron chi connectivity index (χ2n) is 4.05. The first-order chi connectivity index (χ1) is 9.19. The monoisotopic (exact) mass is 297 g/mol. The van der Waals surface area contributed by atoms with Crippen molar-refractivity contribution in [2.45, 2.75) is 12.8 Å². The van der Waals surface area contributed by atoms with Crippen LogP contribution in [0, 0.1) is 0 Å². The molecule has 0 bridgehead atoms. The topological polar surface area (TPSA) is 42.2 Å². The van der Waals surface area contributed by atoms with E-state index in [2.05, 4.69) is 5.32 Å². The molecule has 0 spiro atoms. The molecule has 19 heavy (non-hydrogen) atoms. The number of amides is 1. The van der Waals surface area contributed by atoms with Crippen molar-refractivity contribution in [1.82, 2.24) is 0 Å². The Balaban J connectivity index is 2.04. The highest BCUT2D eigenvalue weighted by molar-refractivity contribution is 6.29. The predicted molar refractivity (Wildman–Crippen MR) is 77.2 cm³/mol. The van der Waals surface area contributed by atoms with Crippen LogP contribution in [0.4, 0.5) is 5.69 Å². The molecule has 0 aliphatic carbocycles. The normalized spacial score (nSPS) is 10.4. The third-order valence-corrected chi connectivity index (χ3v) is 3.05. The second kappa shape index (κ2) is 6.64. The Kier molecular flexibility index (Phi) is 4.88. The standard InChI is InChI=1S/C14H13Cl2NO2/c15-8-2-4-10-3-1-5-11(9-10)17-14(18)12-6-7-13(16)19-12/h1,3,5-7,9H,2,4,8H2,(H,17,18). The summed E-state index contributed by atoms with van der Waals surface area (Å²) in [5.74, 6) is 0.499. The van der Waals surface area contributed by atoms with Crippen LogP contribution < -0.4 is 5.32 Å². The first kappa shape index (κ1) is 14.0. The summed E-state index contributed by atoms with van der Waals surface area (Å²) in [4.78, 5) is 11.9. The molecule has 1 amide bonds. The molecule has 1 heterocycles. The molecule has 100 valence electrons. The van der Waals surface area contributed by atoms with E-state index in [1.165, 1.54) is 12.1 Å². The predicted octanol–water partition coefficient (Wildman–Crippen LogP) is 4.36. The highest BCUT2D eigenvalue weighted by Crippen LogP contribution is 2.17. The number of rotatable bonds is 5. The largest absolute Gasteiger partial charge is 0.440 e. The van der Waals surface area contributed by atoms with E-state index in [4.69, 9.17) is 27.6 Å². The van der Waals surface area contributed by atoms with Crippen molar-refractivity contribution in [2.24, 2.45) is 0 Å². The first-order valence-electron chi connectivity index (χ1n) is 5.90. The zero-order valence-corrected chi connectivity index (χ0v) is 11.7. The van der Waals surface area contributed by atoms with Gasteiger partial charge in [-0.3, -0.25) is 4.79 Å². The van der Waals surface area contributed by atoms with Crippen molar-refractivity contribution >= 4 is 34.8 Å². The lowest BCUT2D eigenvalue weighted by atomic mass is 10.1. The number of hydrogen-bond acceptors (Lipinski definition) is 2. The molecule has 1 N–H and O–H groups in total. The third-order valence-electron chi connectivity index (χ3n) is 2.58. The number of benzene rings is 1. The molecule has 0 fully saturated rings. The summed E-state index contributed by atoms with van der Waals surface area (Å²) in [5, 5.41) is 2.96. The SMILES string of the molecule is O=C(Nc1cccc(CCCCl)c1)c1ccc(Cl)o1. The molecule has 3 nitrogen and oxygen atoms in total. The van der Waals surface area contributed by atoms with Crippen molar-refractivity contribution in [3.05, 3.63) is 52.9 Å². The van der Waals surface area contributed by atoms with Gasteiger partial charge in [-0.05, 0) is 54.3 Å². The maximum atomic E-state index is 11.9. The van der Waals surface area contributed by atoms with Crippen LogP contribution >= 0.6 is 23.2 Å². The number of furan rings is 1. The molecule has 0 unspecified atom stereocenters. The molecule has 1 aromatic heterocycles. The van der Waals surface area contributed by atoms with E-state index in [0.717, 1.165) is 24.1 Å². The van der Waals surface area contributed by atoms with E-state index >= 15 is 0 Å². The van der Waals surface area contributed by atoms with Gasteiger partial charge in [0.2, 0.25) is 0 Å². The van der Waals surface area contributed by atoms with Crippen LogP contribution in [0.2, 0.25) is 5.22 Å². The molecule has 1 aromatic carbocycles. The molecule has 0 aliphatic heterocycles. The average Bonchev–Trinajstić information content (AvgIpc) is 2.83. The Morgan fingerprint density at radius 3 is 2.79 bits per heavy atom. The van der Waals surface area contributed by atoms with Crippen molar-refractivity contribution in [3.63, 3.8) is 0 Å². The zero-order valence-electron chi connectivity index (χ0n) is 10.2. The lowest BCUT2D eigenvalue weighted by Gasteiger charge is -2.05. The molecular weight excluding hydrogens is 285 g/mol. The summed E-state index contributed by atoms with van der Waals surface area (Å²) in [6.45, 7) is 0. The lowest BCUT2D eigenvalue weighted by Crippen LogP contribution is -2.10. The quantitative estimate of drug-likeness (QED) is 0.833. The molecule has 0 atom stereocenters. The Hall–Kier alpha value is -1.45. The van der Waals surface area contributed by atoms with E-state index in [1.54, 1.807) is 0 Å². The van der Waals surface area contributed by atoms with E-state index in [1.807, 2.05) is 24.3 Å². The molecule has 2 aromatic rings. The number of nitrogens with one attached hydrogen (secondary N) is 1. The molecule has 0 radical (unpaired) electrons. The molecule has 0 saturated heterocycles. The second-order valence-corrected chi connectivity index (χ2v) is 4.80. The van der Waals surface area contributed by atoms with Crippen LogP contribution in [0.15, 0.2) is 40.8 Å². The summed E-state index contributed by atoms with van der Waals surface area (Å²) >= 11 is 11.3. The Morgan fingerprint density at radius 2 is 2.11 bits per heavy atom. The van der Waals surface area contributed by atoms with Crippen LogP contribution in [0.3, 0.4) is 0 Å². The van der Waals surface area contributed by atoms with Gasteiger partial charge < -0.3 is 9.73 Å². The first-order valence-corrected chi connectivity index (χ1v) is 6.82. The van der Waals surface area contributed by atoms with E-state index < -0.39 is 0 Å². The average molecular weight is 298 g/mol. The maximum Gasteiger partial charge on any atom is 0.291 e. The fourth-order valence-corrected chi connectivity index (χ4v) is 1.98. The van der Waals surface area contributed by atoms with Crippen molar-refractivity contribution in [1.29, 1.82) is 0 Å². The minimum Gasteiger partial charge on any atom is -0.440 e. The minimum absolute atomic E-state index is 0.191. The fraction of sp³-hybridized carbons (Fsp3) is 0.214. The smallest absolute Gasteiger partial charge is 0.291 e. The van der Waals surface area contributed by atoms with Crippen LogP contribution in [0.1, 0.15) is 22.5 Å². The summed E-state index contributed by atoms with van der Waals surface area (Å²) in [6, 6.07) is 10.7.